The molecule has 0 N–H and O–H groups in total. The van der Waals surface area contributed by atoms with E-state index in [-0.39, 0.29) is 0 Å². The van der Waals surface area contributed by atoms with Crippen LogP contribution in [0.25, 0.3) is 0 Å². The van der Waals surface area contributed by atoms with Crippen molar-refractivity contribution in [1.82, 2.24) is 4.98 Å². The lowest BCUT2D eigenvalue weighted by Crippen LogP contribution is -2.05. The molecule has 1 heterocycles. The summed E-state index contributed by atoms with van der Waals surface area (Å²) in [6.45, 7) is 0. The van der Waals surface area contributed by atoms with Crippen LogP contribution in [0.1, 0.15) is 17.7 Å². The lowest BCUT2D eigenvalue weighted by atomic mass is 10.1. The predicted octanol–water partition coefficient (Wildman–Crippen LogP) is 2.13. The van der Waals surface area contributed by atoms with Crippen molar-refractivity contribution >= 4 is 5.69 Å². The summed E-state index contributed by atoms with van der Waals surface area (Å²) in [6.07, 6.45) is -3.27. The van der Waals surface area contributed by atoms with Crippen LogP contribution in [0.5, 0.6) is 0 Å². The van der Waals surface area contributed by atoms with Gasteiger partial charge in [0.25, 0.3) is 6.43 Å². The van der Waals surface area contributed by atoms with Gasteiger partial charge in [0, 0.05) is 0 Å². The first-order valence-electron chi connectivity index (χ1n) is 3.95. The average molecular weight is 231 g/mol. The Morgan fingerprint density at radius 1 is 1.62 bits per heavy atom. The third-order valence-corrected chi connectivity index (χ3v) is 1.78. The number of alkyl halides is 2. The smallest absolute Gasteiger partial charge is 0.258 e. The number of rotatable bonds is 3. The van der Waals surface area contributed by atoms with E-state index in [4.69, 9.17) is 5.26 Å². The normalized spacial score (nSPS) is 10.2. The SMILES string of the molecule is N#CCc1ncc([N+](=O)[O-])c(F)c1C(F)F. The van der Waals surface area contributed by atoms with Gasteiger partial charge in [-0.25, -0.2) is 8.78 Å². The molecular weight excluding hydrogens is 227 g/mol. The Bertz CT molecular complexity index is 470. The summed E-state index contributed by atoms with van der Waals surface area (Å²) in [6, 6.07) is 1.52. The van der Waals surface area contributed by atoms with E-state index >= 15 is 0 Å². The fraction of sp³-hybridized carbons (Fsp3) is 0.250. The lowest BCUT2D eigenvalue weighted by Gasteiger charge is -2.05. The van der Waals surface area contributed by atoms with Gasteiger partial charge in [-0.15, -0.1) is 0 Å². The maximum absolute atomic E-state index is 13.3. The van der Waals surface area contributed by atoms with Crippen LogP contribution >= 0.6 is 0 Å². The highest BCUT2D eigenvalue weighted by Crippen LogP contribution is 2.30. The number of nitro groups is 1. The standard InChI is InChI=1S/C8H4F3N3O2/c9-7-5(14(15)16)3-13-4(1-2-12)6(7)8(10)11/h3,8H,1H2. The maximum Gasteiger partial charge on any atom is 0.323 e. The van der Waals surface area contributed by atoms with Crippen LogP contribution in [0, 0.1) is 27.3 Å². The summed E-state index contributed by atoms with van der Waals surface area (Å²) >= 11 is 0. The van der Waals surface area contributed by atoms with E-state index in [1.807, 2.05) is 0 Å². The molecule has 5 nitrogen and oxygen atoms in total. The van der Waals surface area contributed by atoms with Crippen molar-refractivity contribution in [1.29, 1.82) is 5.26 Å². The first-order valence-corrected chi connectivity index (χ1v) is 3.95. The molecule has 0 spiro atoms. The number of pyridine rings is 1. The minimum absolute atomic E-state index is 0.486. The highest BCUT2D eigenvalue weighted by molar-refractivity contribution is 5.38. The zero-order valence-corrected chi connectivity index (χ0v) is 7.65. The van der Waals surface area contributed by atoms with E-state index in [0.29, 0.717) is 6.20 Å². The number of hydrogen-bond acceptors (Lipinski definition) is 4. The van der Waals surface area contributed by atoms with Crippen LogP contribution in [0.15, 0.2) is 6.20 Å². The second-order valence-electron chi connectivity index (χ2n) is 2.71. The van der Waals surface area contributed by atoms with Crippen molar-refractivity contribution in [2.45, 2.75) is 12.8 Å². The van der Waals surface area contributed by atoms with Crippen LogP contribution in [0.3, 0.4) is 0 Å². The molecule has 0 fully saturated rings. The number of nitriles is 1. The molecule has 0 radical (unpaired) electrons. The zero-order chi connectivity index (χ0) is 12.3. The van der Waals surface area contributed by atoms with Gasteiger partial charge in [-0.05, 0) is 0 Å². The monoisotopic (exact) mass is 231 g/mol. The Morgan fingerprint density at radius 3 is 2.69 bits per heavy atom. The van der Waals surface area contributed by atoms with Gasteiger partial charge in [0.1, 0.15) is 6.20 Å². The Hall–Kier alpha value is -2.17. The molecule has 0 unspecified atom stereocenters. The van der Waals surface area contributed by atoms with Crippen molar-refractivity contribution in [3.8, 4) is 6.07 Å². The summed E-state index contributed by atoms with van der Waals surface area (Å²) in [4.78, 5) is 12.4. The first kappa shape index (κ1) is 11.9. The predicted molar refractivity (Wildman–Crippen MR) is 45.1 cm³/mol. The van der Waals surface area contributed by atoms with E-state index in [2.05, 4.69) is 4.98 Å². The first-order chi connectivity index (χ1) is 7.49. The summed E-state index contributed by atoms with van der Waals surface area (Å²) in [5.74, 6) is -1.64. The molecule has 16 heavy (non-hydrogen) atoms. The summed E-state index contributed by atoms with van der Waals surface area (Å²) in [7, 11) is 0. The molecule has 0 amide bonds. The van der Waals surface area contributed by atoms with Gasteiger partial charge in [-0.3, -0.25) is 15.1 Å². The van der Waals surface area contributed by atoms with Crippen molar-refractivity contribution in [3.05, 3.63) is 33.4 Å². The van der Waals surface area contributed by atoms with Gasteiger partial charge in [0.05, 0.1) is 28.7 Å². The molecule has 1 aromatic rings. The van der Waals surface area contributed by atoms with E-state index in [1.54, 1.807) is 0 Å². The number of aromatic nitrogens is 1. The zero-order valence-electron chi connectivity index (χ0n) is 7.65. The van der Waals surface area contributed by atoms with Crippen molar-refractivity contribution in [2.75, 3.05) is 0 Å². The van der Waals surface area contributed by atoms with E-state index in [0.717, 1.165) is 0 Å². The van der Waals surface area contributed by atoms with Crippen LogP contribution in [-0.2, 0) is 6.42 Å². The van der Waals surface area contributed by atoms with Gasteiger partial charge < -0.3 is 0 Å². The van der Waals surface area contributed by atoms with Gasteiger partial charge in [0.2, 0.25) is 5.82 Å². The summed E-state index contributed by atoms with van der Waals surface area (Å²) in [5.41, 5.74) is -2.80. The fourth-order valence-electron chi connectivity index (χ4n) is 1.09. The Labute approximate surface area is 87.3 Å². The average Bonchev–Trinajstić information content (AvgIpc) is 2.17. The van der Waals surface area contributed by atoms with Crippen LogP contribution < -0.4 is 0 Å². The highest BCUT2D eigenvalue weighted by atomic mass is 19.3. The molecule has 0 atom stereocenters. The van der Waals surface area contributed by atoms with Crippen LogP contribution in [-0.4, -0.2) is 9.91 Å². The van der Waals surface area contributed by atoms with Crippen LogP contribution in [0.2, 0.25) is 0 Å². The molecular formula is C8H4F3N3O2. The number of hydrogen-bond donors (Lipinski definition) is 0. The molecule has 0 bridgehead atoms. The quantitative estimate of drug-likeness (QED) is 0.589. The molecule has 0 aliphatic carbocycles. The van der Waals surface area contributed by atoms with Gasteiger partial charge >= 0.3 is 5.69 Å². The lowest BCUT2D eigenvalue weighted by molar-refractivity contribution is -0.388. The minimum atomic E-state index is -3.25. The summed E-state index contributed by atoms with van der Waals surface area (Å²) < 4.78 is 38.2. The maximum atomic E-state index is 13.3. The molecule has 0 aliphatic rings. The van der Waals surface area contributed by atoms with Crippen molar-refractivity contribution < 1.29 is 18.1 Å². The molecule has 0 saturated heterocycles. The van der Waals surface area contributed by atoms with Gasteiger partial charge in [-0.1, -0.05) is 0 Å². The van der Waals surface area contributed by atoms with E-state index in [1.165, 1.54) is 6.07 Å². The third kappa shape index (κ3) is 2.08. The van der Waals surface area contributed by atoms with E-state index in [9.17, 15) is 23.3 Å². The second-order valence-corrected chi connectivity index (χ2v) is 2.71. The Balaban J connectivity index is 3.42. The molecule has 8 heteroatoms. The number of halogens is 3. The molecule has 1 rings (SSSR count). The topological polar surface area (TPSA) is 79.8 Å². The Morgan fingerprint density at radius 2 is 2.25 bits per heavy atom. The molecule has 1 aromatic heterocycles. The molecule has 84 valence electrons. The van der Waals surface area contributed by atoms with Crippen molar-refractivity contribution in [2.24, 2.45) is 0 Å². The van der Waals surface area contributed by atoms with Crippen LogP contribution in [0.4, 0.5) is 18.9 Å². The second kappa shape index (κ2) is 4.57. The molecule has 0 saturated carbocycles. The summed E-state index contributed by atoms with van der Waals surface area (Å²) in [5, 5.41) is 18.6. The Kier molecular flexibility index (Phi) is 3.40. The third-order valence-electron chi connectivity index (χ3n) is 1.78. The van der Waals surface area contributed by atoms with E-state index < -0.39 is 40.5 Å². The van der Waals surface area contributed by atoms with Gasteiger partial charge in [-0.2, -0.15) is 9.65 Å². The molecule has 0 aliphatic heterocycles. The molecule has 0 aromatic carbocycles. The fourth-order valence-corrected chi connectivity index (χ4v) is 1.09. The van der Waals surface area contributed by atoms with Crippen molar-refractivity contribution in [3.63, 3.8) is 0 Å². The largest absolute Gasteiger partial charge is 0.323 e. The minimum Gasteiger partial charge on any atom is -0.258 e. The number of nitrogens with zero attached hydrogens (tertiary/aromatic N) is 3. The van der Waals surface area contributed by atoms with Gasteiger partial charge in [0.15, 0.2) is 0 Å². The highest BCUT2D eigenvalue weighted by Gasteiger charge is 2.27.